The standard InChI is InChI=1S/C74H52N2/c1-73(2)65-41-51(49-27-35-71-63(39-49)61-17-9-11-19-69(61)75(71)55-29-21-45-13-5-7-15-47(45)37-55)23-31-57(65)59-33-25-53(43-67(59)73)54-26-34-60-58-32-24-52(42-66(58)74(3,4)68(60)44-54)50-28-36-72-64(40-50)62-18-10-12-20-70(62)76(72)56-30-22-46-14-6-8-16-48(46)38-56/h5-44H,1-4H3. The number of fused-ring (bicyclic) bond motifs is 14. The smallest absolute Gasteiger partial charge is 0.0541 e. The zero-order valence-corrected chi connectivity index (χ0v) is 43.0. The molecule has 0 unspecified atom stereocenters. The summed E-state index contributed by atoms with van der Waals surface area (Å²) in [4.78, 5) is 0. The predicted molar refractivity (Wildman–Crippen MR) is 322 cm³/mol. The molecule has 0 spiro atoms. The van der Waals surface area contributed by atoms with Crippen LogP contribution in [0.5, 0.6) is 0 Å². The molecular formula is C74H52N2. The number of benzene rings is 12. The highest BCUT2D eigenvalue weighted by Gasteiger charge is 2.38. The minimum absolute atomic E-state index is 0.177. The van der Waals surface area contributed by atoms with Gasteiger partial charge in [0.1, 0.15) is 0 Å². The Kier molecular flexibility index (Phi) is 8.89. The van der Waals surface area contributed by atoms with Crippen LogP contribution in [0.3, 0.4) is 0 Å². The van der Waals surface area contributed by atoms with Crippen molar-refractivity contribution in [1.82, 2.24) is 9.13 Å². The third-order valence-electron chi connectivity index (χ3n) is 17.7. The van der Waals surface area contributed by atoms with Gasteiger partial charge in [-0.1, -0.05) is 185 Å². The first-order valence-corrected chi connectivity index (χ1v) is 26.8. The van der Waals surface area contributed by atoms with Crippen molar-refractivity contribution in [3.8, 4) is 67.0 Å². The second kappa shape index (κ2) is 15.6. The van der Waals surface area contributed by atoms with E-state index in [1.54, 1.807) is 0 Å². The van der Waals surface area contributed by atoms with Crippen LogP contribution in [0, 0.1) is 0 Å². The average Bonchev–Trinajstić information content (AvgIpc) is 4.24. The van der Waals surface area contributed by atoms with Crippen LogP contribution in [0.15, 0.2) is 243 Å². The van der Waals surface area contributed by atoms with Crippen molar-refractivity contribution in [2.75, 3.05) is 0 Å². The zero-order valence-electron chi connectivity index (χ0n) is 43.0. The lowest BCUT2D eigenvalue weighted by molar-refractivity contribution is 0.660. The quantitative estimate of drug-likeness (QED) is 0.163. The van der Waals surface area contributed by atoms with Crippen LogP contribution in [0.1, 0.15) is 49.9 Å². The summed E-state index contributed by atoms with van der Waals surface area (Å²) in [6.45, 7) is 9.64. The van der Waals surface area contributed by atoms with Gasteiger partial charge >= 0.3 is 0 Å². The molecule has 0 saturated carbocycles. The Hall–Kier alpha value is -9.24. The molecule has 0 radical (unpaired) electrons. The van der Waals surface area contributed by atoms with E-state index in [0.29, 0.717) is 0 Å². The first-order chi connectivity index (χ1) is 37.2. The average molecular weight is 969 g/mol. The van der Waals surface area contributed by atoms with Crippen molar-refractivity contribution in [3.63, 3.8) is 0 Å². The van der Waals surface area contributed by atoms with E-state index in [4.69, 9.17) is 0 Å². The summed E-state index contributed by atoms with van der Waals surface area (Å²) < 4.78 is 4.85. The number of rotatable bonds is 5. The molecule has 0 bridgehead atoms. The fraction of sp³-hybridized carbons (Fsp3) is 0.0811. The van der Waals surface area contributed by atoms with Gasteiger partial charge in [0.2, 0.25) is 0 Å². The van der Waals surface area contributed by atoms with E-state index in [-0.39, 0.29) is 10.8 Å². The molecular weight excluding hydrogens is 917 g/mol. The molecule has 0 aliphatic heterocycles. The van der Waals surface area contributed by atoms with E-state index in [1.807, 2.05) is 0 Å². The summed E-state index contributed by atoms with van der Waals surface area (Å²) in [7, 11) is 0. The molecule has 12 aromatic carbocycles. The highest BCUT2D eigenvalue weighted by atomic mass is 15.0. The molecule has 2 heteroatoms. The maximum absolute atomic E-state index is 2.48. The van der Waals surface area contributed by atoms with Crippen molar-refractivity contribution in [2.45, 2.75) is 38.5 Å². The minimum Gasteiger partial charge on any atom is -0.309 e. The molecule has 2 aliphatic carbocycles. The van der Waals surface area contributed by atoms with Gasteiger partial charge in [-0.15, -0.1) is 0 Å². The van der Waals surface area contributed by atoms with E-state index in [1.165, 1.54) is 154 Å². The fourth-order valence-corrected chi connectivity index (χ4v) is 13.7. The van der Waals surface area contributed by atoms with Gasteiger partial charge in [-0.05, 0) is 184 Å². The molecule has 0 saturated heterocycles. The van der Waals surface area contributed by atoms with Gasteiger partial charge < -0.3 is 9.13 Å². The highest BCUT2D eigenvalue weighted by molar-refractivity contribution is 6.12. The zero-order chi connectivity index (χ0) is 50.6. The molecule has 2 aromatic heterocycles. The molecule has 358 valence electrons. The molecule has 0 amide bonds. The molecule has 76 heavy (non-hydrogen) atoms. The topological polar surface area (TPSA) is 9.86 Å². The van der Waals surface area contributed by atoms with Gasteiger partial charge in [0, 0.05) is 43.7 Å². The maximum Gasteiger partial charge on any atom is 0.0541 e. The summed E-state index contributed by atoms with van der Waals surface area (Å²) in [6.07, 6.45) is 0. The number of nitrogens with zero attached hydrogens (tertiary/aromatic N) is 2. The van der Waals surface area contributed by atoms with Crippen LogP contribution in [0.4, 0.5) is 0 Å². The van der Waals surface area contributed by atoms with Crippen molar-refractivity contribution < 1.29 is 0 Å². The monoisotopic (exact) mass is 968 g/mol. The Bertz CT molecular complexity index is 4510. The number of hydrogen-bond donors (Lipinski definition) is 0. The molecule has 16 rings (SSSR count). The fourth-order valence-electron chi connectivity index (χ4n) is 13.7. The van der Waals surface area contributed by atoms with Crippen molar-refractivity contribution in [2.24, 2.45) is 0 Å². The predicted octanol–water partition coefficient (Wildman–Crippen LogP) is 19.8. The van der Waals surface area contributed by atoms with Crippen LogP contribution in [-0.4, -0.2) is 9.13 Å². The van der Waals surface area contributed by atoms with Crippen LogP contribution in [0.25, 0.3) is 132 Å². The van der Waals surface area contributed by atoms with E-state index in [9.17, 15) is 0 Å². The SMILES string of the molecule is CC1(C)c2cc(-c3ccc4c(c3)C(C)(C)c3cc(-c5ccc6c(c5)c5ccccc5n6-c5ccc6ccccc6c5)ccc3-4)ccc2-c2ccc(-c3ccc4c(c3)c3ccccc3n4-c3ccc4ccccc4c3)cc21. The summed E-state index contributed by atoms with van der Waals surface area (Å²) in [5.74, 6) is 0. The van der Waals surface area contributed by atoms with Crippen molar-refractivity contribution in [1.29, 1.82) is 0 Å². The second-order valence-electron chi connectivity index (χ2n) is 22.5. The van der Waals surface area contributed by atoms with Crippen LogP contribution in [0.2, 0.25) is 0 Å². The molecule has 2 aliphatic rings. The van der Waals surface area contributed by atoms with Crippen molar-refractivity contribution in [3.05, 3.63) is 265 Å². The number of aromatic nitrogens is 2. The van der Waals surface area contributed by atoms with Gasteiger partial charge in [-0.2, -0.15) is 0 Å². The Morgan fingerprint density at radius 2 is 0.539 bits per heavy atom. The van der Waals surface area contributed by atoms with Crippen LogP contribution < -0.4 is 0 Å². The van der Waals surface area contributed by atoms with Gasteiger partial charge in [-0.3, -0.25) is 0 Å². The normalized spacial score (nSPS) is 14.0. The summed E-state index contributed by atoms with van der Waals surface area (Å²) in [5, 5.41) is 10.1. The Morgan fingerprint density at radius 1 is 0.237 bits per heavy atom. The highest BCUT2D eigenvalue weighted by Crippen LogP contribution is 2.54. The van der Waals surface area contributed by atoms with Gasteiger partial charge in [-0.25, -0.2) is 0 Å². The summed E-state index contributed by atoms with van der Waals surface area (Å²) >= 11 is 0. The second-order valence-corrected chi connectivity index (χ2v) is 22.5. The van der Waals surface area contributed by atoms with Crippen LogP contribution in [-0.2, 0) is 10.8 Å². The Morgan fingerprint density at radius 3 is 0.921 bits per heavy atom. The summed E-state index contributed by atoms with van der Waals surface area (Å²) in [6, 6.07) is 91.3. The van der Waals surface area contributed by atoms with Gasteiger partial charge in [0.15, 0.2) is 0 Å². The lowest BCUT2D eigenvalue weighted by Crippen LogP contribution is -2.15. The molecule has 0 atom stereocenters. The lowest BCUT2D eigenvalue weighted by atomic mass is 9.79. The maximum atomic E-state index is 2.48. The Balaban J connectivity index is 0.714. The van der Waals surface area contributed by atoms with Gasteiger partial charge in [0.25, 0.3) is 0 Å². The van der Waals surface area contributed by atoms with E-state index < -0.39 is 0 Å². The third kappa shape index (κ3) is 6.16. The first-order valence-electron chi connectivity index (χ1n) is 26.8. The molecule has 0 N–H and O–H groups in total. The molecule has 2 heterocycles. The van der Waals surface area contributed by atoms with E-state index in [2.05, 4.69) is 279 Å². The minimum atomic E-state index is -0.177. The molecule has 2 nitrogen and oxygen atoms in total. The summed E-state index contributed by atoms with van der Waals surface area (Å²) in [5.41, 5.74) is 25.3. The molecule has 14 aromatic rings. The molecule has 0 fully saturated rings. The Labute approximate surface area is 442 Å². The van der Waals surface area contributed by atoms with E-state index in [0.717, 1.165) is 0 Å². The van der Waals surface area contributed by atoms with E-state index >= 15 is 0 Å². The number of para-hydroxylation sites is 2. The first kappa shape index (κ1) is 43.2. The van der Waals surface area contributed by atoms with Crippen molar-refractivity contribution >= 4 is 65.2 Å². The van der Waals surface area contributed by atoms with Gasteiger partial charge in [0.05, 0.1) is 22.1 Å². The largest absolute Gasteiger partial charge is 0.309 e. The van der Waals surface area contributed by atoms with Crippen LogP contribution >= 0.6 is 0 Å². The lowest BCUT2D eigenvalue weighted by Gasteiger charge is -2.24. The number of hydrogen-bond acceptors (Lipinski definition) is 0. The third-order valence-corrected chi connectivity index (χ3v) is 17.7.